The van der Waals surface area contributed by atoms with Gasteiger partial charge in [0.2, 0.25) is 0 Å². The molecule has 0 aliphatic carbocycles. The molecule has 0 saturated carbocycles. The molecule has 2 N–H and O–H groups in total. The Balaban J connectivity index is 1.91. The minimum Gasteiger partial charge on any atom is -0.480 e. The second kappa shape index (κ2) is 5.58. The van der Waals surface area contributed by atoms with E-state index in [9.17, 15) is 9.90 Å². The number of carboxylic acid groups (broad SMARTS) is 1. The molecule has 0 unspecified atom stereocenters. The lowest BCUT2D eigenvalue weighted by atomic mass is 9.88. The van der Waals surface area contributed by atoms with Crippen molar-refractivity contribution in [1.82, 2.24) is 5.32 Å². The summed E-state index contributed by atoms with van der Waals surface area (Å²) in [5.41, 5.74) is -0.253. The Kier molecular flexibility index (Phi) is 3.62. The zero-order chi connectivity index (χ0) is 14.7. The zero-order valence-corrected chi connectivity index (χ0v) is 11.6. The van der Waals surface area contributed by atoms with Gasteiger partial charge in [-0.3, -0.25) is 5.32 Å². The number of carbonyl (C=O) groups is 1. The van der Waals surface area contributed by atoms with Crippen molar-refractivity contribution in [2.24, 2.45) is 0 Å². The monoisotopic (exact) mass is 283 g/mol. The first kappa shape index (κ1) is 13.6. The fraction of sp³-hybridized carbons (Fsp3) is 0.235. The summed E-state index contributed by atoms with van der Waals surface area (Å²) in [7, 11) is 0. The second-order valence-corrected chi connectivity index (χ2v) is 5.18. The first-order valence-corrected chi connectivity index (χ1v) is 7.03. The molecule has 0 spiro atoms. The summed E-state index contributed by atoms with van der Waals surface area (Å²) in [6, 6.07) is 16.8. The third-order valence-electron chi connectivity index (χ3n) is 3.83. The molecule has 4 nitrogen and oxygen atoms in total. The number of ether oxygens (including phenoxy) is 1. The van der Waals surface area contributed by atoms with E-state index in [4.69, 9.17) is 4.74 Å². The van der Waals surface area contributed by atoms with Gasteiger partial charge < -0.3 is 9.84 Å². The van der Waals surface area contributed by atoms with Crippen molar-refractivity contribution in [2.75, 3.05) is 6.54 Å². The Morgan fingerprint density at radius 2 is 1.86 bits per heavy atom. The van der Waals surface area contributed by atoms with Crippen LogP contribution in [0.1, 0.15) is 18.4 Å². The quantitative estimate of drug-likeness (QED) is 0.905. The summed E-state index contributed by atoms with van der Waals surface area (Å²) in [4.78, 5) is 11.7. The minimum atomic E-state index is -0.990. The van der Waals surface area contributed by atoms with Crippen molar-refractivity contribution in [3.8, 4) is 11.5 Å². The Labute approximate surface area is 123 Å². The molecule has 1 aliphatic rings. The van der Waals surface area contributed by atoms with Gasteiger partial charge >= 0.3 is 5.97 Å². The van der Waals surface area contributed by atoms with Gasteiger partial charge in [0.25, 0.3) is 0 Å². The molecule has 2 aromatic rings. The lowest BCUT2D eigenvalue weighted by molar-refractivity contribution is -0.144. The Bertz CT molecular complexity index is 633. The van der Waals surface area contributed by atoms with Crippen molar-refractivity contribution in [3.05, 3.63) is 60.2 Å². The van der Waals surface area contributed by atoms with Crippen LogP contribution in [-0.2, 0) is 10.3 Å². The number of benzene rings is 2. The van der Waals surface area contributed by atoms with Crippen LogP contribution < -0.4 is 10.1 Å². The van der Waals surface area contributed by atoms with Gasteiger partial charge in [-0.05, 0) is 49.2 Å². The predicted molar refractivity (Wildman–Crippen MR) is 79.5 cm³/mol. The largest absolute Gasteiger partial charge is 0.480 e. The number of rotatable bonds is 4. The molecule has 4 heteroatoms. The van der Waals surface area contributed by atoms with Gasteiger partial charge in [-0.2, -0.15) is 0 Å². The van der Waals surface area contributed by atoms with Crippen LogP contribution >= 0.6 is 0 Å². The zero-order valence-electron chi connectivity index (χ0n) is 11.6. The lowest BCUT2D eigenvalue weighted by Crippen LogP contribution is -2.44. The van der Waals surface area contributed by atoms with E-state index in [1.807, 2.05) is 48.5 Å². The summed E-state index contributed by atoms with van der Waals surface area (Å²) < 4.78 is 5.78. The average Bonchev–Trinajstić information content (AvgIpc) is 2.99. The van der Waals surface area contributed by atoms with Crippen LogP contribution in [0.3, 0.4) is 0 Å². The summed E-state index contributed by atoms with van der Waals surface area (Å²) in [6.45, 7) is 0.718. The van der Waals surface area contributed by atoms with Gasteiger partial charge in [-0.25, -0.2) is 4.79 Å². The van der Waals surface area contributed by atoms with E-state index in [1.165, 1.54) is 0 Å². The van der Waals surface area contributed by atoms with Crippen LogP contribution in [0.25, 0.3) is 0 Å². The number of hydrogen-bond donors (Lipinski definition) is 2. The Hall–Kier alpha value is -2.33. The highest BCUT2D eigenvalue weighted by molar-refractivity contribution is 5.81. The molecule has 1 aliphatic heterocycles. The summed E-state index contributed by atoms with van der Waals surface area (Å²) in [6.07, 6.45) is 1.45. The summed E-state index contributed by atoms with van der Waals surface area (Å²) in [5, 5.41) is 12.7. The first-order valence-electron chi connectivity index (χ1n) is 7.03. The average molecular weight is 283 g/mol. The van der Waals surface area contributed by atoms with Crippen molar-refractivity contribution in [1.29, 1.82) is 0 Å². The topological polar surface area (TPSA) is 58.6 Å². The van der Waals surface area contributed by atoms with E-state index in [0.717, 1.165) is 24.3 Å². The van der Waals surface area contributed by atoms with E-state index >= 15 is 0 Å². The minimum absolute atomic E-state index is 0.594. The lowest BCUT2D eigenvalue weighted by Gasteiger charge is -2.25. The van der Waals surface area contributed by atoms with Crippen LogP contribution in [-0.4, -0.2) is 17.6 Å². The third-order valence-corrected chi connectivity index (χ3v) is 3.83. The van der Waals surface area contributed by atoms with Gasteiger partial charge in [0.15, 0.2) is 0 Å². The van der Waals surface area contributed by atoms with Gasteiger partial charge in [-0.15, -0.1) is 0 Å². The predicted octanol–water partition coefficient (Wildman–Crippen LogP) is 3.14. The van der Waals surface area contributed by atoms with Crippen molar-refractivity contribution in [2.45, 2.75) is 18.4 Å². The van der Waals surface area contributed by atoms with Gasteiger partial charge in [0, 0.05) is 0 Å². The molecule has 0 amide bonds. The standard InChI is InChI=1S/C17H17NO3/c19-16(20)17(10-5-11-18-17)13-6-4-9-15(12-13)21-14-7-2-1-3-8-14/h1-4,6-9,12,18H,5,10-11H2,(H,19,20)/t17-/m1/s1. The Morgan fingerprint density at radius 3 is 2.52 bits per heavy atom. The number of aliphatic carboxylic acids is 1. The maximum Gasteiger partial charge on any atom is 0.328 e. The summed E-state index contributed by atoms with van der Waals surface area (Å²) in [5.74, 6) is 0.545. The summed E-state index contributed by atoms with van der Waals surface area (Å²) >= 11 is 0. The van der Waals surface area contributed by atoms with E-state index in [0.29, 0.717) is 12.2 Å². The number of carboxylic acids is 1. The molecule has 108 valence electrons. The maximum atomic E-state index is 11.7. The molecule has 21 heavy (non-hydrogen) atoms. The normalized spacial score (nSPS) is 21.1. The molecule has 1 atom stereocenters. The number of para-hydroxylation sites is 1. The highest BCUT2D eigenvalue weighted by atomic mass is 16.5. The maximum absolute atomic E-state index is 11.7. The smallest absolute Gasteiger partial charge is 0.328 e. The highest BCUT2D eigenvalue weighted by Crippen LogP contribution is 2.34. The third kappa shape index (κ3) is 2.62. The molecule has 2 aromatic carbocycles. The van der Waals surface area contributed by atoms with E-state index in [-0.39, 0.29) is 0 Å². The Morgan fingerprint density at radius 1 is 1.10 bits per heavy atom. The molecule has 3 rings (SSSR count). The molecule has 0 bridgehead atoms. The van der Waals surface area contributed by atoms with Crippen LogP contribution in [0, 0.1) is 0 Å². The van der Waals surface area contributed by atoms with E-state index in [2.05, 4.69) is 5.32 Å². The van der Waals surface area contributed by atoms with E-state index < -0.39 is 11.5 Å². The van der Waals surface area contributed by atoms with Gasteiger partial charge in [0.1, 0.15) is 17.0 Å². The van der Waals surface area contributed by atoms with Crippen LogP contribution in [0.2, 0.25) is 0 Å². The molecule has 0 aromatic heterocycles. The molecule has 0 radical (unpaired) electrons. The second-order valence-electron chi connectivity index (χ2n) is 5.18. The van der Waals surface area contributed by atoms with Crippen LogP contribution in [0.4, 0.5) is 0 Å². The van der Waals surface area contributed by atoms with Gasteiger partial charge in [0.05, 0.1) is 0 Å². The van der Waals surface area contributed by atoms with Crippen LogP contribution in [0.15, 0.2) is 54.6 Å². The molecule has 1 heterocycles. The SMILES string of the molecule is O=C(O)[C@]1(c2cccc(Oc3ccccc3)c2)CCCN1. The van der Waals surface area contributed by atoms with Gasteiger partial charge in [-0.1, -0.05) is 30.3 Å². The van der Waals surface area contributed by atoms with Crippen molar-refractivity contribution in [3.63, 3.8) is 0 Å². The highest BCUT2D eigenvalue weighted by Gasteiger charge is 2.42. The number of hydrogen-bond acceptors (Lipinski definition) is 3. The fourth-order valence-electron chi connectivity index (χ4n) is 2.75. The van der Waals surface area contributed by atoms with Crippen molar-refractivity contribution < 1.29 is 14.6 Å². The molecular weight excluding hydrogens is 266 g/mol. The number of nitrogens with one attached hydrogen (secondary N) is 1. The first-order chi connectivity index (χ1) is 10.2. The van der Waals surface area contributed by atoms with Crippen LogP contribution in [0.5, 0.6) is 11.5 Å². The molecular formula is C17H17NO3. The van der Waals surface area contributed by atoms with Crippen molar-refractivity contribution >= 4 is 5.97 Å². The fourth-order valence-corrected chi connectivity index (χ4v) is 2.75. The molecule has 1 saturated heterocycles. The molecule has 1 fully saturated rings. The van der Waals surface area contributed by atoms with E-state index in [1.54, 1.807) is 6.07 Å².